The minimum Gasteiger partial charge on any atom is -0.318 e. The van der Waals surface area contributed by atoms with E-state index in [1.807, 2.05) is 25.3 Å². The summed E-state index contributed by atoms with van der Waals surface area (Å²) in [5, 5.41) is 0. The molecule has 1 aromatic heterocycles. The number of carbonyl (C=O) groups is 1. The molecule has 1 aromatic rings. The Balaban J connectivity index is 2.16. The summed E-state index contributed by atoms with van der Waals surface area (Å²) in [7, 11) is 0. The Morgan fingerprint density at radius 1 is 1.53 bits per heavy atom. The second-order valence-electron chi connectivity index (χ2n) is 4.81. The number of urea groups is 1. The number of quaternary nitrogens is 1. The van der Waals surface area contributed by atoms with E-state index in [2.05, 4.69) is 11.1 Å². The lowest BCUT2D eigenvalue weighted by atomic mass is 10.1. The molecule has 0 bridgehead atoms. The number of nitrogens with two attached hydrogens (primary N) is 1. The molecular weight excluding hydrogens is 258 g/mol. The summed E-state index contributed by atoms with van der Waals surface area (Å²) in [4.78, 5) is 16.2. The van der Waals surface area contributed by atoms with E-state index in [1.54, 1.807) is 18.0 Å². The number of fused-ring (bicyclic) bond motifs is 1. The fourth-order valence-corrected chi connectivity index (χ4v) is 4.05. The van der Waals surface area contributed by atoms with Gasteiger partial charge in [0.05, 0.1) is 0 Å². The summed E-state index contributed by atoms with van der Waals surface area (Å²) in [6.45, 7) is 2.00. The van der Waals surface area contributed by atoms with Crippen molar-refractivity contribution in [1.82, 2.24) is 4.98 Å². The fourth-order valence-electron chi connectivity index (χ4n) is 2.81. The minimum atomic E-state index is -0.283. The van der Waals surface area contributed by atoms with Crippen LogP contribution in [0.25, 0.3) is 5.57 Å². The molecule has 2 aliphatic rings. The maximum absolute atomic E-state index is 12.0. The summed E-state index contributed by atoms with van der Waals surface area (Å²) in [5.74, 6) is 1.75. The first kappa shape index (κ1) is 12.4. The normalized spacial score (nSPS) is 26.1. The molecule has 3 heterocycles. The van der Waals surface area contributed by atoms with E-state index < -0.39 is 0 Å². The summed E-state index contributed by atoms with van der Waals surface area (Å²) in [6, 6.07) is 3.65. The highest BCUT2D eigenvalue weighted by molar-refractivity contribution is 7.99. The molecule has 0 spiro atoms. The van der Waals surface area contributed by atoms with Gasteiger partial charge in [-0.1, -0.05) is 6.07 Å². The molecule has 2 amide bonds. The van der Waals surface area contributed by atoms with E-state index in [9.17, 15) is 4.79 Å². The number of nitrogens with zero attached hydrogens (tertiary/aromatic N) is 2. The predicted molar refractivity (Wildman–Crippen MR) is 76.7 cm³/mol. The van der Waals surface area contributed by atoms with Crippen molar-refractivity contribution in [2.75, 3.05) is 11.6 Å². The first-order valence-electron chi connectivity index (χ1n) is 6.25. The van der Waals surface area contributed by atoms with Crippen LogP contribution >= 0.6 is 11.8 Å². The molecule has 0 radical (unpaired) electrons. The fraction of sp³-hybridized carbons (Fsp3) is 0.286. The van der Waals surface area contributed by atoms with Crippen LogP contribution in [-0.4, -0.2) is 27.1 Å². The average Bonchev–Trinajstić information content (AvgIpc) is 2.75. The highest BCUT2D eigenvalue weighted by Crippen LogP contribution is 2.45. The van der Waals surface area contributed by atoms with Gasteiger partial charge in [0.25, 0.3) is 0 Å². The van der Waals surface area contributed by atoms with Gasteiger partial charge in [0.15, 0.2) is 0 Å². The number of allylic oxidation sites excluding steroid dienone is 4. The highest BCUT2D eigenvalue weighted by Gasteiger charge is 2.48. The zero-order valence-electron chi connectivity index (χ0n) is 10.8. The van der Waals surface area contributed by atoms with Crippen LogP contribution in [0.4, 0.5) is 4.79 Å². The minimum absolute atomic E-state index is 0.203. The lowest BCUT2D eigenvalue weighted by Gasteiger charge is -2.35. The van der Waals surface area contributed by atoms with Crippen molar-refractivity contribution in [2.24, 2.45) is 5.73 Å². The van der Waals surface area contributed by atoms with Crippen LogP contribution < -0.4 is 5.73 Å². The lowest BCUT2D eigenvalue weighted by Crippen LogP contribution is -2.53. The van der Waals surface area contributed by atoms with Gasteiger partial charge in [0, 0.05) is 48.7 Å². The number of pyridine rings is 1. The number of carbonyl (C=O) groups excluding carboxylic acids is 1. The predicted octanol–water partition coefficient (Wildman–Crippen LogP) is 2.70. The molecular formula is C14H16N3OS+. The summed E-state index contributed by atoms with van der Waals surface area (Å²) >= 11 is 1.78. The van der Waals surface area contributed by atoms with E-state index in [0.717, 1.165) is 34.7 Å². The SMILES string of the molecule is CC1=C(c2cccnc2)C=C2CCSC[N+]21C(N)=O. The van der Waals surface area contributed by atoms with Gasteiger partial charge in [0.1, 0.15) is 17.3 Å². The zero-order chi connectivity index (χ0) is 13.5. The summed E-state index contributed by atoms with van der Waals surface area (Å²) < 4.78 is 0.203. The molecule has 2 N–H and O–H groups in total. The molecule has 19 heavy (non-hydrogen) atoms. The van der Waals surface area contributed by atoms with Gasteiger partial charge >= 0.3 is 6.03 Å². The molecule has 98 valence electrons. The van der Waals surface area contributed by atoms with Gasteiger partial charge in [-0.3, -0.25) is 4.98 Å². The monoisotopic (exact) mass is 274 g/mol. The number of aromatic nitrogens is 1. The van der Waals surface area contributed by atoms with Crippen molar-refractivity contribution >= 4 is 23.4 Å². The van der Waals surface area contributed by atoms with Gasteiger partial charge in [-0.05, 0) is 6.07 Å². The smallest absolute Gasteiger partial charge is 0.318 e. The maximum atomic E-state index is 12.0. The van der Waals surface area contributed by atoms with Crippen LogP contribution in [0.3, 0.4) is 0 Å². The molecule has 0 aliphatic carbocycles. The molecule has 5 heteroatoms. The topological polar surface area (TPSA) is 56.0 Å². The van der Waals surface area contributed by atoms with Gasteiger partial charge in [-0.15, -0.1) is 11.8 Å². The number of thioether (sulfide) groups is 1. The standard InChI is InChI=1S/C14H15N3OS/c1-10-13(11-3-2-5-16-8-11)7-12-4-6-19-9-17(10,12)14(15)18/h2-3,5,7-8H,4,6,9H2,1H3,(H-,15,18)/p+1. The third kappa shape index (κ3) is 1.73. The van der Waals surface area contributed by atoms with Crippen molar-refractivity contribution in [1.29, 1.82) is 0 Å². The molecule has 1 fully saturated rings. The molecule has 1 unspecified atom stereocenters. The molecule has 4 nitrogen and oxygen atoms in total. The Hall–Kier alpha value is -1.59. The molecule has 3 rings (SSSR count). The second-order valence-corrected chi connectivity index (χ2v) is 5.89. The van der Waals surface area contributed by atoms with Crippen LogP contribution in [0.15, 0.2) is 42.0 Å². The third-order valence-corrected chi connectivity index (χ3v) is 4.96. The van der Waals surface area contributed by atoms with Gasteiger partial charge in [-0.2, -0.15) is 4.48 Å². The van der Waals surface area contributed by atoms with Crippen molar-refractivity contribution in [3.63, 3.8) is 0 Å². The molecule has 0 saturated carbocycles. The number of hydrogen-bond donors (Lipinski definition) is 1. The van der Waals surface area contributed by atoms with Gasteiger partial charge in [0.2, 0.25) is 0 Å². The average molecular weight is 274 g/mol. The molecule has 2 aliphatic heterocycles. The first-order valence-corrected chi connectivity index (χ1v) is 7.40. The second kappa shape index (κ2) is 4.51. The third-order valence-electron chi connectivity index (χ3n) is 3.90. The Bertz CT molecular complexity index is 594. The Morgan fingerprint density at radius 3 is 3.00 bits per heavy atom. The Morgan fingerprint density at radius 2 is 2.37 bits per heavy atom. The number of rotatable bonds is 1. The van der Waals surface area contributed by atoms with Crippen LogP contribution in [0.2, 0.25) is 0 Å². The highest BCUT2D eigenvalue weighted by atomic mass is 32.2. The van der Waals surface area contributed by atoms with Gasteiger partial charge in [-0.25, -0.2) is 4.79 Å². The summed E-state index contributed by atoms with van der Waals surface area (Å²) in [5.41, 5.74) is 9.97. The first-order chi connectivity index (χ1) is 9.16. The summed E-state index contributed by atoms with van der Waals surface area (Å²) in [6.07, 6.45) is 6.62. The number of hydrogen-bond acceptors (Lipinski definition) is 3. The number of primary amides is 1. The van der Waals surface area contributed by atoms with E-state index >= 15 is 0 Å². The Labute approximate surface area is 116 Å². The molecule has 0 aromatic carbocycles. The maximum Gasteiger partial charge on any atom is 0.424 e. The zero-order valence-corrected chi connectivity index (χ0v) is 11.6. The van der Waals surface area contributed by atoms with Crippen LogP contribution in [0, 0.1) is 0 Å². The van der Waals surface area contributed by atoms with E-state index in [4.69, 9.17) is 5.73 Å². The number of amides is 2. The Kier molecular flexibility index (Phi) is 2.95. The van der Waals surface area contributed by atoms with E-state index in [-0.39, 0.29) is 10.5 Å². The van der Waals surface area contributed by atoms with E-state index in [0.29, 0.717) is 5.88 Å². The van der Waals surface area contributed by atoms with Crippen molar-refractivity contribution in [3.8, 4) is 0 Å². The van der Waals surface area contributed by atoms with Crippen LogP contribution in [0.1, 0.15) is 18.9 Å². The van der Waals surface area contributed by atoms with Crippen molar-refractivity contribution < 1.29 is 9.28 Å². The van der Waals surface area contributed by atoms with Crippen LogP contribution in [0.5, 0.6) is 0 Å². The largest absolute Gasteiger partial charge is 0.424 e. The molecule has 1 saturated heterocycles. The van der Waals surface area contributed by atoms with E-state index in [1.165, 1.54) is 0 Å². The molecule has 1 atom stereocenters. The van der Waals surface area contributed by atoms with Crippen molar-refractivity contribution in [2.45, 2.75) is 13.3 Å². The lowest BCUT2D eigenvalue weighted by molar-refractivity contribution is -0.755. The van der Waals surface area contributed by atoms with Gasteiger partial charge < -0.3 is 5.73 Å². The quantitative estimate of drug-likeness (QED) is 0.801. The van der Waals surface area contributed by atoms with Crippen molar-refractivity contribution in [3.05, 3.63) is 47.6 Å². The van der Waals surface area contributed by atoms with Crippen LogP contribution in [-0.2, 0) is 0 Å².